The Morgan fingerprint density at radius 3 is 2.62 bits per heavy atom. The third kappa shape index (κ3) is 3.70. The van der Waals surface area contributed by atoms with Crippen LogP contribution >= 0.6 is 0 Å². The van der Waals surface area contributed by atoms with Gasteiger partial charge in [-0.05, 0) is 30.5 Å². The molecule has 0 spiro atoms. The van der Waals surface area contributed by atoms with Crippen molar-refractivity contribution in [3.63, 3.8) is 0 Å². The van der Waals surface area contributed by atoms with Crippen molar-refractivity contribution in [2.24, 2.45) is 5.92 Å². The average Bonchev–Trinajstić information content (AvgIpc) is 3.42. The van der Waals surface area contributed by atoms with Crippen LogP contribution in [0.3, 0.4) is 0 Å². The van der Waals surface area contributed by atoms with E-state index < -0.39 is 22.3 Å². The van der Waals surface area contributed by atoms with Crippen LogP contribution in [0.2, 0.25) is 0 Å². The Balaban J connectivity index is 1.41. The monoisotopic (exact) mass is 397 g/mol. The summed E-state index contributed by atoms with van der Waals surface area (Å²) in [6, 6.07) is 13.3. The molecule has 1 atom stereocenters. The average molecular weight is 397 g/mol. The zero-order valence-corrected chi connectivity index (χ0v) is 15.6. The molecule has 1 N–H and O–H groups in total. The molecule has 1 saturated heterocycles. The lowest BCUT2D eigenvalue weighted by Gasteiger charge is -2.19. The molecule has 29 heavy (non-hydrogen) atoms. The van der Waals surface area contributed by atoms with Crippen molar-refractivity contribution in [1.82, 2.24) is 5.32 Å². The minimum absolute atomic E-state index is 0.0232. The highest BCUT2D eigenvalue weighted by Crippen LogP contribution is 2.47. The highest BCUT2D eigenvalue weighted by Gasteiger charge is 2.45. The van der Waals surface area contributed by atoms with Crippen molar-refractivity contribution in [3.05, 3.63) is 70.0 Å². The molecule has 1 saturated carbocycles. The molecule has 8 heteroatoms. The van der Waals surface area contributed by atoms with E-state index >= 15 is 0 Å². The summed E-state index contributed by atoms with van der Waals surface area (Å²) < 4.78 is 13.6. The van der Waals surface area contributed by atoms with Gasteiger partial charge in [-0.1, -0.05) is 30.3 Å². The Kier molecular flexibility index (Phi) is 4.77. The maximum absolute atomic E-state index is 13.6. The van der Waals surface area contributed by atoms with Crippen LogP contribution in [-0.2, 0) is 15.0 Å². The summed E-state index contributed by atoms with van der Waals surface area (Å²) in [5, 5.41) is 13.9. The van der Waals surface area contributed by atoms with Gasteiger partial charge in [0.05, 0.1) is 16.5 Å². The normalized spacial score (nSPS) is 19.8. The lowest BCUT2D eigenvalue weighted by atomic mass is 9.95. The van der Waals surface area contributed by atoms with Crippen LogP contribution in [0.15, 0.2) is 48.5 Å². The van der Waals surface area contributed by atoms with Gasteiger partial charge in [0.1, 0.15) is 0 Å². The van der Waals surface area contributed by atoms with Gasteiger partial charge in [0.15, 0.2) is 0 Å². The first kappa shape index (κ1) is 19.0. The molecule has 1 unspecified atom stereocenters. The summed E-state index contributed by atoms with van der Waals surface area (Å²) in [4.78, 5) is 36.4. The van der Waals surface area contributed by atoms with E-state index in [1.807, 2.05) is 18.2 Å². The first-order valence-corrected chi connectivity index (χ1v) is 9.47. The lowest BCUT2D eigenvalue weighted by Crippen LogP contribution is -2.37. The second-order valence-corrected chi connectivity index (χ2v) is 7.66. The summed E-state index contributed by atoms with van der Waals surface area (Å²) in [7, 11) is 0. The van der Waals surface area contributed by atoms with Crippen LogP contribution in [0.1, 0.15) is 24.8 Å². The van der Waals surface area contributed by atoms with Gasteiger partial charge in [-0.15, -0.1) is 0 Å². The Bertz CT molecular complexity index is 975. The number of benzene rings is 2. The molecule has 2 aliphatic rings. The lowest BCUT2D eigenvalue weighted by molar-refractivity contribution is -0.387. The van der Waals surface area contributed by atoms with E-state index in [-0.39, 0.29) is 35.9 Å². The number of hydrogen-bond donors (Lipinski definition) is 1. The van der Waals surface area contributed by atoms with Crippen LogP contribution in [0, 0.1) is 21.8 Å². The first-order chi connectivity index (χ1) is 13.9. The van der Waals surface area contributed by atoms with Gasteiger partial charge in [0.2, 0.25) is 17.6 Å². The number of carbonyl (C=O) groups is 2. The molecule has 150 valence electrons. The largest absolute Gasteiger partial charge is 0.355 e. The molecule has 4 rings (SSSR count). The number of anilines is 1. The number of nitro groups is 1. The van der Waals surface area contributed by atoms with Gasteiger partial charge in [-0.2, -0.15) is 4.39 Å². The van der Waals surface area contributed by atoms with E-state index in [9.17, 15) is 24.1 Å². The molecule has 1 heterocycles. The molecule has 7 nitrogen and oxygen atoms in total. The van der Waals surface area contributed by atoms with Crippen LogP contribution in [-0.4, -0.2) is 29.8 Å². The molecular weight excluding hydrogens is 377 g/mol. The fourth-order valence-electron chi connectivity index (χ4n) is 3.85. The van der Waals surface area contributed by atoms with Crippen molar-refractivity contribution in [2.45, 2.75) is 24.7 Å². The minimum atomic E-state index is -0.963. The second-order valence-electron chi connectivity index (χ2n) is 7.66. The van der Waals surface area contributed by atoms with Crippen molar-refractivity contribution in [3.8, 4) is 0 Å². The molecule has 0 bridgehead atoms. The number of carbonyl (C=O) groups excluding carboxylic acids is 2. The summed E-state index contributed by atoms with van der Waals surface area (Å²) in [6.07, 6.45) is 2.04. The molecule has 0 aromatic heterocycles. The number of nitro benzene ring substituents is 1. The Hall–Kier alpha value is -3.29. The molecule has 1 aliphatic carbocycles. The number of halogens is 1. The first-order valence-electron chi connectivity index (χ1n) is 9.47. The molecular formula is C21H20FN3O4. The maximum Gasteiger partial charge on any atom is 0.306 e. The van der Waals surface area contributed by atoms with E-state index in [2.05, 4.69) is 17.4 Å². The number of nitrogens with zero attached hydrogens (tertiary/aromatic N) is 2. The number of amides is 2. The maximum atomic E-state index is 13.6. The number of hydrogen-bond acceptors (Lipinski definition) is 4. The quantitative estimate of drug-likeness (QED) is 0.599. The molecule has 2 fully saturated rings. The van der Waals surface area contributed by atoms with Crippen LogP contribution in [0.5, 0.6) is 0 Å². The van der Waals surface area contributed by atoms with Gasteiger partial charge in [-0.3, -0.25) is 19.7 Å². The number of rotatable bonds is 6. The Morgan fingerprint density at radius 1 is 1.24 bits per heavy atom. The predicted octanol–water partition coefficient (Wildman–Crippen LogP) is 2.93. The van der Waals surface area contributed by atoms with E-state index in [0.29, 0.717) is 6.54 Å². The summed E-state index contributed by atoms with van der Waals surface area (Å²) in [6.45, 7) is 0.633. The molecule has 0 radical (unpaired) electrons. The van der Waals surface area contributed by atoms with Crippen LogP contribution in [0.4, 0.5) is 15.8 Å². The SMILES string of the molecule is O=C(NCC1(c2ccccc2)CC1)C1CC(=O)N(c2ccc(F)c([N+](=O)[O-])c2)C1. The zero-order chi connectivity index (χ0) is 20.6. The predicted molar refractivity (Wildman–Crippen MR) is 104 cm³/mol. The van der Waals surface area contributed by atoms with Crippen molar-refractivity contribution in [1.29, 1.82) is 0 Å². The van der Waals surface area contributed by atoms with Crippen molar-refractivity contribution in [2.75, 3.05) is 18.0 Å². The highest BCUT2D eigenvalue weighted by atomic mass is 19.1. The van der Waals surface area contributed by atoms with Crippen molar-refractivity contribution >= 4 is 23.2 Å². The smallest absolute Gasteiger partial charge is 0.306 e. The fraction of sp³-hybridized carbons (Fsp3) is 0.333. The number of nitrogens with one attached hydrogen (secondary N) is 1. The van der Waals surface area contributed by atoms with Crippen LogP contribution in [0.25, 0.3) is 0 Å². The Morgan fingerprint density at radius 2 is 1.97 bits per heavy atom. The van der Waals surface area contributed by atoms with E-state index in [1.54, 1.807) is 0 Å². The highest BCUT2D eigenvalue weighted by molar-refractivity contribution is 6.00. The topological polar surface area (TPSA) is 92.6 Å². The molecule has 2 aromatic carbocycles. The standard InChI is InChI=1S/C21H20FN3O4/c22-17-7-6-16(11-18(17)25(28)29)24-12-14(10-19(24)26)20(27)23-13-21(8-9-21)15-4-2-1-3-5-15/h1-7,11,14H,8-10,12-13H2,(H,23,27). The Labute approximate surface area is 166 Å². The fourth-order valence-corrected chi connectivity index (χ4v) is 3.85. The van der Waals surface area contributed by atoms with E-state index in [4.69, 9.17) is 0 Å². The van der Waals surface area contributed by atoms with E-state index in [1.165, 1.54) is 16.5 Å². The third-order valence-corrected chi connectivity index (χ3v) is 5.77. The molecule has 2 aromatic rings. The molecule has 1 aliphatic heterocycles. The van der Waals surface area contributed by atoms with Gasteiger partial charge in [-0.25, -0.2) is 0 Å². The zero-order valence-electron chi connectivity index (χ0n) is 15.6. The van der Waals surface area contributed by atoms with Crippen molar-refractivity contribution < 1.29 is 18.9 Å². The molecule has 2 amide bonds. The summed E-state index contributed by atoms with van der Waals surface area (Å²) in [5.74, 6) is -2.02. The van der Waals surface area contributed by atoms with Gasteiger partial charge in [0.25, 0.3) is 0 Å². The van der Waals surface area contributed by atoms with Gasteiger partial charge < -0.3 is 10.2 Å². The van der Waals surface area contributed by atoms with Gasteiger partial charge in [0, 0.05) is 31.0 Å². The summed E-state index contributed by atoms with van der Waals surface area (Å²) in [5.41, 5.74) is 0.697. The minimum Gasteiger partial charge on any atom is -0.355 e. The van der Waals surface area contributed by atoms with E-state index in [0.717, 1.165) is 25.0 Å². The van der Waals surface area contributed by atoms with Crippen LogP contribution < -0.4 is 10.2 Å². The summed E-state index contributed by atoms with van der Waals surface area (Å²) >= 11 is 0. The second kappa shape index (κ2) is 7.27. The third-order valence-electron chi connectivity index (χ3n) is 5.77. The van der Waals surface area contributed by atoms with Gasteiger partial charge >= 0.3 is 5.69 Å².